The smallest absolute Gasteiger partial charge is 0.230 e. The summed E-state index contributed by atoms with van der Waals surface area (Å²) in [6.07, 6.45) is 4.47. The highest BCUT2D eigenvalue weighted by Crippen LogP contribution is 2.29. The number of rotatable bonds is 6. The maximum Gasteiger partial charge on any atom is 0.230 e. The lowest BCUT2D eigenvalue weighted by atomic mass is 9.95. The van der Waals surface area contributed by atoms with Gasteiger partial charge < -0.3 is 5.32 Å². The molecule has 7 heteroatoms. The van der Waals surface area contributed by atoms with Crippen molar-refractivity contribution < 1.29 is 9.18 Å². The number of benzene rings is 2. The van der Waals surface area contributed by atoms with E-state index in [0.29, 0.717) is 26.1 Å². The molecule has 2 aromatic heterocycles. The van der Waals surface area contributed by atoms with Gasteiger partial charge in [-0.25, -0.2) is 4.39 Å². The largest absolute Gasteiger partial charge is 0.355 e. The zero-order chi connectivity index (χ0) is 22.8. The molecule has 0 bridgehead atoms. The second-order valence-corrected chi connectivity index (χ2v) is 8.60. The number of halogens is 1. The van der Waals surface area contributed by atoms with Crippen molar-refractivity contribution in [1.82, 2.24) is 25.0 Å². The number of fused-ring (bicyclic) bond motifs is 2. The molecule has 1 aliphatic heterocycles. The number of pyridine rings is 1. The van der Waals surface area contributed by atoms with Crippen molar-refractivity contribution in [2.75, 3.05) is 13.1 Å². The summed E-state index contributed by atoms with van der Waals surface area (Å²) >= 11 is 0. The lowest BCUT2D eigenvalue weighted by Crippen LogP contribution is -2.41. The first-order chi connectivity index (χ1) is 16.1. The molecule has 3 heterocycles. The van der Waals surface area contributed by atoms with Crippen LogP contribution >= 0.6 is 0 Å². The van der Waals surface area contributed by atoms with Gasteiger partial charge in [-0.05, 0) is 35.7 Å². The molecule has 0 radical (unpaired) electrons. The Balaban J connectivity index is 1.31. The molecule has 1 N–H and O–H groups in total. The quantitative estimate of drug-likeness (QED) is 0.495. The minimum absolute atomic E-state index is 0.0298. The summed E-state index contributed by atoms with van der Waals surface area (Å²) in [4.78, 5) is 20.0. The van der Waals surface area contributed by atoms with Crippen molar-refractivity contribution in [1.29, 1.82) is 0 Å². The molecule has 0 unspecified atom stereocenters. The normalized spacial score (nSPS) is 16.0. The third kappa shape index (κ3) is 4.64. The van der Waals surface area contributed by atoms with Crippen LogP contribution in [-0.4, -0.2) is 38.7 Å². The molecule has 0 spiro atoms. The van der Waals surface area contributed by atoms with Gasteiger partial charge in [-0.2, -0.15) is 5.10 Å². The standard InChI is InChI=1S/C26H26FN5O/c1-31-14-21-16-32(15-20-5-2-4-19-6-3-12-28-24(19)20)17-23(25(21)30-31)26(33)29-13-11-18-7-9-22(27)10-8-18/h2-10,12,14,23H,11,13,15-17H2,1H3,(H,29,33)/t23-/m1/s1. The van der Waals surface area contributed by atoms with Crippen LogP contribution < -0.4 is 5.32 Å². The van der Waals surface area contributed by atoms with Crippen LogP contribution in [0.25, 0.3) is 10.9 Å². The summed E-state index contributed by atoms with van der Waals surface area (Å²) in [7, 11) is 1.89. The van der Waals surface area contributed by atoms with Gasteiger partial charge in [0.15, 0.2) is 0 Å². The van der Waals surface area contributed by atoms with Crippen LogP contribution in [0.1, 0.15) is 28.3 Å². The maximum atomic E-state index is 13.2. The highest BCUT2D eigenvalue weighted by Gasteiger charge is 2.33. The number of aryl methyl sites for hydroxylation is 1. The first kappa shape index (κ1) is 21.3. The lowest BCUT2D eigenvalue weighted by molar-refractivity contribution is -0.123. The molecule has 0 aliphatic carbocycles. The third-order valence-corrected chi connectivity index (χ3v) is 6.15. The molecule has 1 aliphatic rings. The second kappa shape index (κ2) is 9.11. The Kier molecular flexibility index (Phi) is 5.88. The number of hydrogen-bond acceptors (Lipinski definition) is 4. The number of aromatic nitrogens is 3. The Labute approximate surface area is 192 Å². The van der Waals surface area contributed by atoms with Gasteiger partial charge in [0.05, 0.1) is 17.1 Å². The molecule has 6 nitrogen and oxygen atoms in total. The van der Waals surface area contributed by atoms with Crippen molar-refractivity contribution >= 4 is 16.8 Å². The molecule has 1 atom stereocenters. The molecule has 0 saturated carbocycles. The van der Waals surface area contributed by atoms with Crippen molar-refractivity contribution in [2.24, 2.45) is 7.05 Å². The van der Waals surface area contributed by atoms with Gasteiger partial charge in [-0.1, -0.05) is 36.4 Å². The Bertz CT molecular complexity index is 1280. The van der Waals surface area contributed by atoms with E-state index < -0.39 is 0 Å². The van der Waals surface area contributed by atoms with E-state index in [2.05, 4.69) is 44.6 Å². The molecule has 33 heavy (non-hydrogen) atoms. The van der Waals surface area contributed by atoms with Gasteiger partial charge in [-0.3, -0.25) is 19.4 Å². The average molecular weight is 444 g/mol. The minimum Gasteiger partial charge on any atom is -0.355 e. The van der Waals surface area contributed by atoms with Crippen molar-refractivity contribution in [2.45, 2.75) is 25.4 Å². The molecular weight excluding hydrogens is 417 g/mol. The summed E-state index contributed by atoms with van der Waals surface area (Å²) in [5, 5.41) is 8.77. The number of nitrogens with one attached hydrogen (secondary N) is 1. The Morgan fingerprint density at radius 2 is 1.97 bits per heavy atom. The van der Waals surface area contributed by atoms with E-state index in [9.17, 15) is 9.18 Å². The SMILES string of the molecule is Cn1cc2c(n1)[C@H](C(=O)NCCc1ccc(F)cc1)CN(Cc1cccc3cccnc13)C2. The Hall–Kier alpha value is -3.58. The number of carbonyl (C=O) groups is 1. The van der Waals surface area contributed by atoms with Crippen molar-refractivity contribution in [3.8, 4) is 0 Å². The van der Waals surface area contributed by atoms with E-state index in [1.807, 2.05) is 25.5 Å². The molecule has 0 saturated heterocycles. The summed E-state index contributed by atoms with van der Waals surface area (Å²) in [5.74, 6) is -0.627. The van der Waals surface area contributed by atoms with E-state index in [0.717, 1.165) is 39.8 Å². The fourth-order valence-corrected chi connectivity index (χ4v) is 4.59. The van der Waals surface area contributed by atoms with Crippen LogP contribution in [0.15, 0.2) is 67.0 Å². The molecule has 168 valence electrons. The van der Waals surface area contributed by atoms with Gasteiger partial charge >= 0.3 is 0 Å². The lowest BCUT2D eigenvalue weighted by Gasteiger charge is -2.31. The Morgan fingerprint density at radius 3 is 2.82 bits per heavy atom. The second-order valence-electron chi connectivity index (χ2n) is 8.60. The van der Waals surface area contributed by atoms with Gasteiger partial charge in [-0.15, -0.1) is 0 Å². The van der Waals surface area contributed by atoms with E-state index in [4.69, 9.17) is 0 Å². The minimum atomic E-state index is -0.342. The maximum absolute atomic E-state index is 13.2. The predicted octanol–water partition coefficient (Wildman–Crippen LogP) is 3.57. The molecule has 1 amide bonds. The van der Waals surface area contributed by atoms with Gasteiger partial charge in [0.1, 0.15) is 5.82 Å². The summed E-state index contributed by atoms with van der Waals surface area (Å²) in [6, 6.07) is 16.6. The molecular formula is C26H26FN5O. The first-order valence-electron chi connectivity index (χ1n) is 11.2. The topological polar surface area (TPSA) is 63.1 Å². The fraction of sp³-hybridized carbons (Fsp3) is 0.269. The van der Waals surface area contributed by atoms with E-state index in [1.54, 1.807) is 16.8 Å². The summed E-state index contributed by atoms with van der Waals surface area (Å²) in [6.45, 7) is 2.54. The molecule has 5 rings (SSSR count). The highest BCUT2D eigenvalue weighted by molar-refractivity contribution is 5.84. The predicted molar refractivity (Wildman–Crippen MR) is 125 cm³/mol. The van der Waals surface area contributed by atoms with Crippen LogP contribution in [0.2, 0.25) is 0 Å². The summed E-state index contributed by atoms with van der Waals surface area (Å²) in [5.41, 5.74) is 5.07. The van der Waals surface area contributed by atoms with Gasteiger partial charge in [0.25, 0.3) is 0 Å². The third-order valence-electron chi connectivity index (χ3n) is 6.15. The summed E-state index contributed by atoms with van der Waals surface area (Å²) < 4.78 is 14.9. The Morgan fingerprint density at radius 1 is 1.15 bits per heavy atom. The van der Waals surface area contributed by atoms with E-state index in [1.165, 1.54) is 12.1 Å². The number of amides is 1. The molecule has 2 aromatic carbocycles. The zero-order valence-electron chi connectivity index (χ0n) is 18.5. The van der Waals surface area contributed by atoms with E-state index in [-0.39, 0.29) is 17.6 Å². The number of nitrogens with zero attached hydrogens (tertiary/aromatic N) is 4. The first-order valence-corrected chi connectivity index (χ1v) is 11.2. The van der Waals surface area contributed by atoms with Crippen LogP contribution in [0.5, 0.6) is 0 Å². The number of para-hydroxylation sites is 1. The van der Waals surface area contributed by atoms with Crippen LogP contribution in [0.3, 0.4) is 0 Å². The van der Waals surface area contributed by atoms with Gasteiger partial charge in [0.2, 0.25) is 5.91 Å². The molecule has 0 fully saturated rings. The monoisotopic (exact) mass is 443 g/mol. The molecule has 4 aromatic rings. The van der Waals surface area contributed by atoms with E-state index >= 15 is 0 Å². The number of carbonyl (C=O) groups excluding carboxylic acids is 1. The van der Waals surface area contributed by atoms with Crippen molar-refractivity contribution in [3.05, 3.63) is 95.2 Å². The zero-order valence-corrected chi connectivity index (χ0v) is 18.5. The van der Waals surface area contributed by atoms with Crippen LogP contribution in [0.4, 0.5) is 4.39 Å². The van der Waals surface area contributed by atoms with Crippen LogP contribution in [-0.2, 0) is 31.4 Å². The van der Waals surface area contributed by atoms with Crippen LogP contribution in [0, 0.1) is 5.82 Å². The highest BCUT2D eigenvalue weighted by atomic mass is 19.1. The van der Waals surface area contributed by atoms with Crippen molar-refractivity contribution in [3.63, 3.8) is 0 Å². The fourth-order valence-electron chi connectivity index (χ4n) is 4.59. The number of hydrogen-bond donors (Lipinski definition) is 1. The average Bonchev–Trinajstić information content (AvgIpc) is 3.20. The van der Waals surface area contributed by atoms with Gasteiger partial charge in [0, 0.05) is 56.6 Å².